The van der Waals surface area contributed by atoms with Gasteiger partial charge in [0.25, 0.3) is 0 Å². The Hall–Kier alpha value is -0.610. The highest BCUT2D eigenvalue weighted by molar-refractivity contribution is 5.72. The summed E-state index contributed by atoms with van der Waals surface area (Å²) in [7, 11) is 0. The van der Waals surface area contributed by atoms with Crippen LogP contribution in [0.25, 0.3) is 0 Å². The van der Waals surface area contributed by atoms with Crippen LogP contribution in [-0.2, 0) is 19.0 Å². The monoisotopic (exact) mass is 396 g/mol. The van der Waals surface area contributed by atoms with Gasteiger partial charge < -0.3 is 14.2 Å². The Bertz CT molecular complexity index is 414. The second-order valence-corrected chi connectivity index (χ2v) is 8.93. The summed E-state index contributed by atoms with van der Waals surface area (Å²) < 4.78 is 17.7. The van der Waals surface area contributed by atoms with Gasteiger partial charge >= 0.3 is 5.97 Å². The van der Waals surface area contributed by atoms with Crippen LogP contribution in [0.3, 0.4) is 0 Å². The molecule has 1 saturated heterocycles. The van der Waals surface area contributed by atoms with Crippen LogP contribution in [0.5, 0.6) is 0 Å². The molecular weight excluding hydrogens is 352 g/mol. The highest BCUT2D eigenvalue weighted by Crippen LogP contribution is 2.32. The number of hydrogen-bond acceptors (Lipinski definition) is 4. The maximum atomic E-state index is 12.4. The maximum absolute atomic E-state index is 12.4. The largest absolute Gasteiger partial charge is 0.460 e. The number of rotatable bonds is 6. The van der Waals surface area contributed by atoms with E-state index in [0.29, 0.717) is 18.8 Å². The molecular formula is C24H44O4. The van der Waals surface area contributed by atoms with Gasteiger partial charge in [-0.3, -0.25) is 4.79 Å². The van der Waals surface area contributed by atoms with E-state index in [-0.39, 0.29) is 18.0 Å². The van der Waals surface area contributed by atoms with Crippen LogP contribution in [-0.4, -0.2) is 37.5 Å². The number of ether oxygens (including phenoxy) is 3. The summed E-state index contributed by atoms with van der Waals surface area (Å²) in [6, 6.07) is 0. The van der Waals surface area contributed by atoms with Gasteiger partial charge in [-0.2, -0.15) is 0 Å². The zero-order valence-electron chi connectivity index (χ0n) is 18.8. The Balaban J connectivity index is 0.00000136. The van der Waals surface area contributed by atoms with Crippen molar-refractivity contribution in [2.45, 2.75) is 117 Å². The molecule has 2 aliphatic carbocycles. The smallest absolute Gasteiger partial charge is 0.309 e. The summed E-state index contributed by atoms with van der Waals surface area (Å²) >= 11 is 0. The molecule has 2 unspecified atom stereocenters. The minimum atomic E-state index is -0.0343. The van der Waals surface area contributed by atoms with E-state index >= 15 is 0 Å². The zero-order valence-corrected chi connectivity index (χ0v) is 18.8. The third-order valence-corrected chi connectivity index (χ3v) is 6.78. The molecule has 164 valence electrons. The van der Waals surface area contributed by atoms with E-state index in [4.69, 9.17) is 14.2 Å². The van der Waals surface area contributed by atoms with Gasteiger partial charge in [0.05, 0.1) is 24.7 Å². The summed E-state index contributed by atoms with van der Waals surface area (Å²) in [5.74, 6) is 1.71. The van der Waals surface area contributed by atoms with Gasteiger partial charge in [-0.1, -0.05) is 40.5 Å². The molecule has 2 atom stereocenters. The van der Waals surface area contributed by atoms with Crippen molar-refractivity contribution in [2.75, 3.05) is 13.2 Å². The van der Waals surface area contributed by atoms with Crippen LogP contribution in [0.2, 0.25) is 0 Å². The number of carbonyl (C=O) groups is 1. The third kappa shape index (κ3) is 7.67. The maximum Gasteiger partial charge on any atom is 0.309 e. The molecule has 0 spiro atoms. The third-order valence-electron chi connectivity index (χ3n) is 6.78. The van der Waals surface area contributed by atoms with Crippen molar-refractivity contribution in [3.63, 3.8) is 0 Å². The molecule has 3 fully saturated rings. The molecule has 1 heterocycles. The Kier molecular flexibility index (Phi) is 10.9. The first-order chi connectivity index (χ1) is 13.6. The second kappa shape index (κ2) is 12.8. The van der Waals surface area contributed by atoms with Gasteiger partial charge in [0.15, 0.2) is 0 Å². The van der Waals surface area contributed by atoms with Gasteiger partial charge in [-0.25, -0.2) is 0 Å². The predicted molar refractivity (Wildman–Crippen MR) is 113 cm³/mol. The quantitative estimate of drug-likeness (QED) is 0.523. The molecule has 0 N–H and O–H groups in total. The lowest BCUT2D eigenvalue weighted by atomic mass is 9.83. The highest BCUT2D eigenvalue weighted by atomic mass is 16.6. The Morgan fingerprint density at radius 2 is 1.54 bits per heavy atom. The van der Waals surface area contributed by atoms with Gasteiger partial charge in [0, 0.05) is 6.61 Å². The first kappa shape index (κ1) is 23.7. The van der Waals surface area contributed by atoms with E-state index < -0.39 is 0 Å². The van der Waals surface area contributed by atoms with Crippen LogP contribution in [0.1, 0.15) is 98.3 Å². The molecule has 4 heteroatoms. The van der Waals surface area contributed by atoms with E-state index in [9.17, 15) is 4.79 Å². The van der Waals surface area contributed by atoms with E-state index in [1.165, 1.54) is 25.7 Å². The molecule has 0 aromatic carbocycles. The fourth-order valence-corrected chi connectivity index (χ4v) is 4.69. The van der Waals surface area contributed by atoms with Crippen molar-refractivity contribution in [1.82, 2.24) is 0 Å². The van der Waals surface area contributed by atoms with E-state index in [1.807, 2.05) is 13.8 Å². The average Bonchev–Trinajstić information content (AvgIpc) is 2.75. The van der Waals surface area contributed by atoms with Crippen LogP contribution >= 0.6 is 0 Å². The van der Waals surface area contributed by atoms with Crippen molar-refractivity contribution in [2.24, 2.45) is 17.8 Å². The molecule has 0 bridgehead atoms. The number of hydrogen-bond donors (Lipinski definition) is 0. The lowest BCUT2D eigenvalue weighted by Gasteiger charge is -2.32. The Morgan fingerprint density at radius 3 is 2.11 bits per heavy atom. The van der Waals surface area contributed by atoms with E-state index in [2.05, 4.69) is 13.8 Å². The molecule has 1 aliphatic heterocycles. The summed E-state index contributed by atoms with van der Waals surface area (Å²) in [5, 5.41) is 0. The van der Waals surface area contributed by atoms with Crippen molar-refractivity contribution >= 4 is 5.97 Å². The zero-order chi connectivity index (χ0) is 20.4. The van der Waals surface area contributed by atoms with Crippen molar-refractivity contribution in [3.05, 3.63) is 0 Å². The summed E-state index contributed by atoms with van der Waals surface area (Å²) in [6.07, 6.45) is 12.9. The number of carbonyl (C=O) groups excluding carboxylic acids is 1. The first-order valence-electron chi connectivity index (χ1n) is 12.1. The Morgan fingerprint density at radius 1 is 0.893 bits per heavy atom. The molecule has 4 nitrogen and oxygen atoms in total. The molecule has 0 radical (unpaired) electrons. The molecule has 0 aromatic heterocycles. The second-order valence-electron chi connectivity index (χ2n) is 8.93. The van der Waals surface area contributed by atoms with Gasteiger partial charge in [0.1, 0.15) is 6.10 Å². The predicted octanol–water partition coefficient (Wildman–Crippen LogP) is 5.92. The van der Waals surface area contributed by atoms with E-state index in [0.717, 1.165) is 63.4 Å². The van der Waals surface area contributed by atoms with Crippen LogP contribution in [0.15, 0.2) is 0 Å². The lowest BCUT2D eigenvalue weighted by molar-refractivity contribution is -0.165. The fraction of sp³-hybridized carbons (Fsp3) is 0.958. The molecule has 2 saturated carbocycles. The van der Waals surface area contributed by atoms with E-state index in [1.54, 1.807) is 0 Å². The first-order valence-corrected chi connectivity index (χ1v) is 12.1. The molecule has 3 aliphatic rings. The van der Waals surface area contributed by atoms with Crippen LogP contribution in [0.4, 0.5) is 0 Å². The minimum absolute atomic E-state index is 0.00623. The molecule has 0 amide bonds. The van der Waals surface area contributed by atoms with Gasteiger partial charge in [-0.05, 0) is 69.6 Å². The Labute approximate surface area is 173 Å². The van der Waals surface area contributed by atoms with Gasteiger partial charge in [-0.15, -0.1) is 0 Å². The SMILES string of the molecule is CC.CCC1CCC(OC(=O)C2CCC(OCC3CCC(C)CC3)CC2)CO1. The topological polar surface area (TPSA) is 44.8 Å². The minimum Gasteiger partial charge on any atom is -0.460 e. The van der Waals surface area contributed by atoms with Crippen LogP contribution in [0, 0.1) is 17.8 Å². The van der Waals surface area contributed by atoms with Gasteiger partial charge in [0.2, 0.25) is 0 Å². The molecule has 3 rings (SSSR count). The van der Waals surface area contributed by atoms with Crippen molar-refractivity contribution in [3.8, 4) is 0 Å². The molecule has 28 heavy (non-hydrogen) atoms. The highest BCUT2D eigenvalue weighted by Gasteiger charge is 2.31. The van der Waals surface area contributed by atoms with Crippen molar-refractivity contribution < 1.29 is 19.0 Å². The molecule has 0 aromatic rings. The fourth-order valence-electron chi connectivity index (χ4n) is 4.69. The standard InChI is InChI=1S/C22H38O4.C2H6/c1-3-19-12-13-21(15-25-19)26-22(23)18-8-10-20(11-9-18)24-14-17-6-4-16(2)5-7-17;1-2/h16-21H,3-15H2,1-2H3;1-2H3. The normalized spacial score (nSPS) is 36.1. The lowest BCUT2D eigenvalue weighted by Crippen LogP contribution is -2.36. The summed E-state index contributed by atoms with van der Waals surface area (Å²) in [5.41, 5.74) is 0. The number of esters is 1. The van der Waals surface area contributed by atoms with Crippen LogP contribution < -0.4 is 0 Å². The van der Waals surface area contributed by atoms with Crippen molar-refractivity contribution in [1.29, 1.82) is 0 Å². The summed E-state index contributed by atoms with van der Waals surface area (Å²) in [4.78, 5) is 12.4. The summed E-state index contributed by atoms with van der Waals surface area (Å²) in [6.45, 7) is 10.00. The average molecular weight is 397 g/mol.